The SMILES string of the molecule is CSc1ccc(C(F)(F)CCC(=O)O)cc1. The van der Waals surface area contributed by atoms with Gasteiger partial charge in [-0.2, -0.15) is 0 Å². The second kappa shape index (κ2) is 5.30. The molecule has 0 spiro atoms. The molecule has 16 heavy (non-hydrogen) atoms. The van der Waals surface area contributed by atoms with E-state index >= 15 is 0 Å². The Balaban J connectivity index is 2.76. The van der Waals surface area contributed by atoms with Crippen molar-refractivity contribution in [3.05, 3.63) is 29.8 Å². The van der Waals surface area contributed by atoms with Crippen molar-refractivity contribution in [3.63, 3.8) is 0 Å². The highest BCUT2D eigenvalue weighted by atomic mass is 32.2. The van der Waals surface area contributed by atoms with Gasteiger partial charge in [0.25, 0.3) is 5.92 Å². The van der Waals surface area contributed by atoms with Gasteiger partial charge in [0.2, 0.25) is 0 Å². The van der Waals surface area contributed by atoms with E-state index in [0.717, 1.165) is 4.90 Å². The molecule has 1 aromatic rings. The number of rotatable bonds is 5. The van der Waals surface area contributed by atoms with Crippen molar-refractivity contribution >= 4 is 17.7 Å². The third-order valence-corrected chi connectivity index (χ3v) is 2.91. The van der Waals surface area contributed by atoms with Gasteiger partial charge in [0, 0.05) is 16.9 Å². The lowest BCUT2D eigenvalue weighted by molar-refractivity contribution is -0.139. The van der Waals surface area contributed by atoms with Crippen molar-refractivity contribution in [2.75, 3.05) is 6.26 Å². The lowest BCUT2D eigenvalue weighted by Crippen LogP contribution is -2.15. The lowest BCUT2D eigenvalue weighted by Gasteiger charge is -2.15. The van der Waals surface area contributed by atoms with Gasteiger partial charge in [0.1, 0.15) is 0 Å². The predicted octanol–water partition coefficient (Wildman–Crippen LogP) is 3.37. The number of carbonyl (C=O) groups is 1. The van der Waals surface area contributed by atoms with Crippen LogP contribution in [-0.4, -0.2) is 17.3 Å². The van der Waals surface area contributed by atoms with Crippen molar-refractivity contribution in [1.82, 2.24) is 0 Å². The van der Waals surface area contributed by atoms with E-state index in [1.54, 1.807) is 12.1 Å². The summed E-state index contributed by atoms with van der Waals surface area (Å²) in [6.45, 7) is 0. The maximum atomic E-state index is 13.5. The van der Waals surface area contributed by atoms with E-state index in [2.05, 4.69) is 0 Å². The van der Waals surface area contributed by atoms with Crippen LogP contribution < -0.4 is 0 Å². The number of halogens is 2. The molecule has 0 amide bonds. The van der Waals surface area contributed by atoms with Gasteiger partial charge in [-0.3, -0.25) is 4.79 Å². The molecule has 5 heteroatoms. The Morgan fingerprint density at radius 3 is 2.38 bits per heavy atom. The van der Waals surface area contributed by atoms with Crippen LogP contribution in [0.4, 0.5) is 8.78 Å². The molecule has 1 N–H and O–H groups in total. The summed E-state index contributed by atoms with van der Waals surface area (Å²) in [5, 5.41) is 8.37. The standard InChI is InChI=1S/C11H12F2O2S/c1-16-9-4-2-8(3-5-9)11(12,13)7-6-10(14)15/h2-5H,6-7H2,1H3,(H,14,15). The van der Waals surface area contributed by atoms with Crippen LogP contribution in [0.2, 0.25) is 0 Å². The second-order valence-electron chi connectivity index (χ2n) is 3.33. The molecule has 88 valence electrons. The molecule has 0 bridgehead atoms. The van der Waals surface area contributed by atoms with Crippen molar-refractivity contribution < 1.29 is 18.7 Å². The Hall–Kier alpha value is -1.10. The van der Waals surface area contributed by atoms with E-state index in [-0.39, 0.29) is 5.56 Å². The van der Waals surface area contributed by atoms with Gasteiger partial charge in [-0.15, -0.1) is 11.8 Å². The second-order valence-corrected chi connectivity index (χ2v) is 4.21. The van der Waals surface area contributed by atoms with Crippen molar-refractivity contribution in [3.8, 4) is 0 Å². The largest absolute Gasteiger partial charge is 0.481 e. The van der Waals surface area contributed by atoms with E-state index in [0.29, 0.717) is 0 Å². The van der Waals surface area contributed by atoms with Gasteiger partial charge in [0.15, 0.2) is 0 Å². The highest BCUT2D eigenvalue weighted by molar-refractivity contribution is 7.98. The molecule has 0 fully saturated rings. The maximum Gasteiger partial charge on any atom is 0.303 e. The zero-order valence-electron chi connectivity index (χ0n) is 8.74. The van der Waals surface area contributed by atoms with Gasteiger partial charge in [0.05, 0.1) is 6.42 Å². The molecule has 0 aliphatic rings. The molecule has 0 saturated carbocycles. The first-order valence-electron chi connectivity index (χ1n) is 4.70. The van der Waals surface area contributed by atoms with Crippen molar-refractivity contribution in [1.29, 1.82) is 0 Å². The highest BCUT2D eigenvalue weighted by Gasteiger charge is 2.31. The summed E-state index contributed by atoms with van der Waals surface area (Å²) in [5.41, 5.74) is -0.133. The summed E-state index contributed by atoms with van der Waals surface area (Å²) in [6.07, 6.45) is 0.663. The number of thioether (sulfide) groups is 1. The molecule has 0 aromatic heterocycles. The number of carboxylic acids is 1. The number of carboxylic acid groups (broad SMARTS) is 1. The summed E-state index contributed by atoms with van der Waals surface area (Å²) >= 11 is 1.47. The average molecular weight is 246 g/mol. The maximum absolute atomic E-state index is 13.5. The van der Waals surface area contributed by atoms with Crippen molar-refractivity contribution in [2.45, 2.75) is 23.7 Å². The number of aliphatic carboxylic acids is 1. The monoisotopic (exact) mass is 246 g/mol. The Morgan fingerprint density at radius 1 is 1.38 bits per heavy atom. The fraction of sp³-hybridized carbons (Fsp3) is 0.364. The first-order valence-corrected chi connectivity index (χ1v) is 5.92. The van der Waals surface area contributed by atoms with Crippen LogP contribution >= 0.6 is 11.8 Å². The Morgan fingerprint density at radius 2 is 1.94 bits per heavy atom. The smallest absolute Gasteiger partial charge is 0.303 e. The summed E-state index contributed by atoms with van der Waals surface area (Å²) in [5.74, 6) is -4.28. The fourth-order valence-corrected chi connectivity index (χ4v) is 1.65. The third kappa shape index (κ3) is 3.48. The summed E-state index contributed by atoms with van der Waals surface area (Å²) in [6, 6.07) is 5.89. The average Bonchev–Trinajstić information content (AvgIpc) is 2.27. The third-order valence-electron chi connectivity index (χ3n) is 2.17. The van der Waals surface area contributed by atoms with Gasteiger partial charge in [-0.05, 0) is 18.4 Å². The highest BCUT2D eigenvalue weighted by Crippen LogP contribution is 2.33. The van der Waals surface area contributed by atoms with E-state index < -0.39 is 24.7 Å². The Kier molecular flexibility index (Phi) is 4.29. The number of hydrogen-bond donors (Lipinski definition) is 1. The first-order chi connectivity index (χ1) is 7.45. The predicted molar refractivity (Wildman–Crippen MR) is 59.0 cm³/mol. The Labute approximate surface area is 96.7 Å². The minimum absolute atomic E-state index is 0.133. The minimum atomic E-state index is -3.07. The molecule has 0 atom stereocenters. The molecule has 0 radical (unpaired) electrons. The summed E-state index contributed by atoms with van der Waals surface area (Å²) < 4.78 is 27.0. The zero-order chi connectivity index (χ0) is 12.2. The van der Waals surface area contributed by atoms with E-state index in [1.165, 1.54) is 23.9 Å². The number of hydrogen-bond acceptors (Lipinski definition) is 2. The molecule has 1 aromatic carbocycles. The molecule has 2 nitrogen and oxygen atoms in total. The van der Waals surface area contributed by atoms with E-state index in [1.807, 2.05) is 6.26 Å². The van der Waals surface area contributed by atoms with Crippen LogP contribution in [0.3, 0.4) is 0 Å². The van der Waals surface area contributed by atoms with E-state index in [4.69, 9.17) is 5.11 Å². The number of alkyl halides is 2. The summed E-state index contributed by atoms with van der Waals surface area (Å²) in [4.78, 5) is 11.1. The minimum Gasteiger partial charge on any atom is -0.481 e. The van der Waals surface area contributed by atoms with Gasteiger partial charge in [-0.25, -0.2) is 8.78 Å². The molecule has 0 unspecified atom stereocenters. The molecule has 0 saturated heterocycles. The topological polar surface area (TPSA) is 37.3 Å². The lowest BCUT2D eigenvalue weighted by atomic mass is 10.0. The molecule has 1 rings (SSSR count). The van der Waals surface area contributed by atoms with Gasteiger partial charge >= 0.3 is 5.97 Å². The van der Waals surface area contributed by atoms with Crippen LogP contribution in [0.25, 0.3) is 0 Å². The van der Waals surface area contributed by atoms with Gasteiger partial charge < -0.3 is 5.11 Å². The Bertz CT molecular complexity index is 363. The first kappa shape index (κ1) is 13.0. The van der Waals surface area contributed by atoms with Crippen LogP contribution in [0.15, 0.2) is 29.2 Å². The zero-order valence-corrected chi connectivity index (χ0v) is 9.56. The number of benzene rings is 1. The molecule has 0 aliphatic carbocycles. The van der Waals surface area contributed by atoms with E-state index in [9.17, 15) is 13.6 Å². The van der Waals surface area contributed by atoms with Gasteiger partial charge in [-0.1, -0.05) is 12.1 Å². The molecule has 0 heterocycles. The molecular weight excluding hydrogens is 234 g/mol. The normalized spacial score (nSPS) is 11.4. The van der Waals surface area contributed by atoms with Crippen molar-refractivity contribution in [2.24, 2.45) is 0 Å². The molecule has 0 aliphatic heterocycles. The van der Waals surface area contributed by atoms with Crippen LogP contribution in [-0.2, 0) is 10.7 Å². The van der Waals surface area contributed by atoms with Crippen LogP contribution in [0, 0.1) is 0 Å². The fourth-order valence-electron chi connectivity index (χ4n) is 1.24. The molecular formula is C11H12F2O2S. The summed E-state index contributed by atoms with van der Waals surface area (Å²) in [7, 11) is 0. The van der Waals surface area contributed by atoms with Crippen LogP contribution in [0.5, 0.6) is 0 Å². The quantitative estimate of drug-likeness (QED) is 0.809. The van der Waals surface area contributed by atoms with Crippen LogP contribution in [0.1, 0.15) is 18.4 Å².